The number of nitrogen functional groups attached to an aromatic ring is 1. The zero-order valence-electron chi connectivity index (χ0n) is 12.0. The van der Waals surface area contributed by atoms with Gasteiger partial charge in [-0.2, -0.15) is 0 Å². The number of nitrogens with two attached hydrogens (primary N) is 1. The summed E-state index contributed by atoms with van der Waals surface area (Å²) in [5, 5.41) is 0. The van der Waals surface area contributed by atoms with Gasteiger partial charge in [-0.3, -0.25) is 4.79 Å². The topological polar surface area (TPSA) is 55.6 Å². The molecular weight excluding hydrogens is 264 g/mol. The molecule has 2 N–H and O–H groups in total. The van der Waals surface area contributed by atoms with Crippen LogP contribution in [0.5, 0.6) is 5.75 Å². The highest BCUT2D eigenvalue weighted by Crippen LogP contribution is 2.32. The molecule has 3 rings (SSSR count). The van der Waals surface area contributed by atoms with Crippen LogP contribution < -0.4 is 15.4 Å². The van der Waals surface area contributed by atoms with Crippen LogP contribution in [0, 0.1) is 0 Å². The highest BCUT2D eigenvalue weighted by molar-refractivity contribution is 5.97. The van der Waals surface area contributed by atoms with E-state index in [1.165, 1.54) is 5.56 Å². The molecule has 0 radical (unpaired) electrons. The molecule has 0 bridgehead atoms. The number of carbonyl (C=O) groups is 1. The van der Waals surface area contributed by atoms with E-state index in [4.69, 9.17) is 10.5 Å². The van der Waals surface area contributed by atoms with Crippen molar-refractivity contribution in [1.29, 1.82) is 0 Å². The van der Waals surface area contributed by atoms with Crippen LogP contribution in [0.3, 0.4) is 0 Å². The molecule has 1 unspecified atom stereocenters. The lowest BCUT2D eigenvalue weighted by atomic mass is 10.1. The Morgan fingerprint density at radius 1 is 1.24 bits per heavy atom. The SMILES string of the molecule is CC1Cc2ccccc2N1C(=O)COc1ccccc1N. The van der Waals surface area contributed by atoms with Crippen LogP contribution in [-0.4, -0.2) is 18.6 Å². The summed E-state index contributed by atoms with van der Waals surface area (Å²) < 4.78 is 5.56. The van der Waals surface area contributed by atoms with Gasteiger partial charge < -0.3 is 15.4 Å². The van der Waals surface area contributed by atoms with Crippen molar-refractivity contribution in [3.63, 3.8) is 0 Å². The Labute approximate surface area is 124 Å². The van der Waals surface area contributed by atoms with E-state index >= 15 is 0 Å². The molecule has 108 valence electrons. The van der Waals surface area contributed by atoms with Crippen molar-refractivity contribution >= 4 is 17.3 Å². The summed E-state index contributed by atoms with van der Waals surface area (Å²) in [6.45, 7) is 2.04. The lowest BCUT2D eigenvalue weighted by Crippen LogP contribution is -2.39. The monoisotopic (exact) mass is 282 g/mol. The Balaban J connectivity index is 1.73. The molecule has 0 fully saturated rings. The van der Waals surface area contributed by atoms with E-state index in [0.29, 0.717) is 11.4 Å². The average molecular weight is 282 g/mol. The van der Waals surface area contributed by atoms with Crippen molar-refractivity contribution < 1.29 is 9.53 Å². The minimum atomic E-state index is -0.0456. The maximum Gasteiger partial charge on any atom is 0.265 e. The maximum absolute atomic E-state index is 12.5. The number of fused-ring (bicyclic) bond motifs is 1. The molecule has 0 saturated carbocycles. The molecule has 1 aliphatic rings. The largest absolute Gasteiger partial charge is 0.482 e. The third kappa shape index (κ3) is 2.57. The first kappa shape index (κ1) is 13.5. The number of hydrogen-bond donors (Lipinski definition) is 1. The van der Waals surface area contributed by atoms with Crippen LogP contribution in [0.1, 0.15) is 12.5 Å². The van der Waals surface area contributed by atoms with Gasteiger partial charge in [0, 0.05) is 11.7 Å². The van der Waals surface area contributed by atoms with Crippen LogP contribution in [-0.2, 0) is 11.2 Å². The molecule has 1 atom stereocenters. The van der Waals surface area contributed by atoms with Gasteiger partial charge in [0.2, 0.25) is 0 Å². The first-order valence-electron chi connectivity index (χ1n) is 7.04. The summed E-state index contributed by atoms with van der Waals surface area (Å²) in [7, 11) is 0. The molecule has 0 spiro atoms. The smallest absolute Gasteiger partial charge is 0.265 e. The molecule has 2 aromatic rings. The van der Waals surface area contributed by atoms with Crippen molar-refractivity contribution in [1.82, 2.24) is 0 Å². The molecule has 4 heteroatoms. The quantitative estimate of drug-likeness (QED) is 0.880. The number of para-hydroxylation sites is 3. The van der Waals surface area contributed by atoms with Crippen molar-refractivity contribution in [3.05, 3.63) is 54.1 Å². The summed E-state index contributed by atoms with van der Waals surface area (Å²) >= 11 is 0. The van der Waals surface area contributed by atoms with Crippen LogP contribution in [0.25, 0.3) is 0 Å². The normalized spacial score (nSPS) is 16.6. The highest BCUT2D eigenvalue weighted by atomic mass is 16.5. The second-order valence-corrected chi connectivity index (χ2v) is 5.27. The predicted octanol–water partition coefficient (Wildman–Crippen LogP) is 2.63. The van der Waals surface area contributed by atoms with Crippen LogP contribution >= 0.6 is 0 Å². The lowest BCUT2D eigenvalue weighted by Gasteiger charge is -2.23. The summed E-state index contributed by atoms with van der Waals surface area (Å²) in [5.74, 6) is 0.502. The maximum atomic E-state index is 12.5. The zero-order valence-corrected chi connectivity index (χ0v) is 12.0. The van der Waals surface area contributed by atoms with Gasteiger partial charge in [0.05, 0.1) is 5.69 Å². The first-order chi connectivity index (χ1) is 10.2. The van der Waals surface area contributed by atoms with Crippen LogP contribution in [0.2, 0.25) is 0 Å². The minimum Gasteiger partial charge on any atom is -0.482 e. The molecule has 4 nitrogen and oxygen atoms in total. The van der Waals surface area contributed by atoms with E-state index in [0.717, 1.165) is 12.1 Å². The van der Waals surface area contributed by atoms with E-state index in [-0.39, 0.29) is 18.6 Å². The first-order valence-corrected chi connectivity index (χ1v) is 7.04. The number of amides is 1. The molecule has 0 aromatic heterocycles. The number of carbonyl (C=O) groups excluding carboxylic acids is 1. The molecule has 2 aromatic carbocycles. The van der Waals surface area contributed by atoms with Gasteiger partial charge in [0.25, 0.3) is 5.91 Å². The molecule has 1 amide bonds. The standard InChI is InChI=1S/C17H18N2O2/c1-12-10-13-6-2-4-8-15(13)19(12)17(20)11-21-16-9-5-3-7-14(16)18/h2-9,12H,10-11,18H2,1H3. The second kappa shape index (κ2) is 5.48. The number of anilines is 2. The van der Waals surface area contributed by atoms with Gasteiger partial charge in [-0.15, -0.1) is 0 Å². The van der Waals surface area contributed by atoms with E-state index in [2.05, 4.69) is 13.0 Å². The lowest BCUT2D eigenvalue weighted by molar-refractivity contribution is -0.120. The van der Waals surface area contributed by atoms with Gasteiger partial charge in [-0.25, -0.2) is 0 Å². The number of hydrogen-bond acceptors (Lipinski definition) is 3. The summed E-state index contributed by atoms with van der Waals surface area (Å²) in [6, 6.07) is 15.4. The molecule has 0 saturated heterocycles. The fourth-order valence-electron chi connectivity index (χ4n) is 2.77. The number of rotatable bonds is 3. The van der Waals surface area contributed by atoms with E-state index in [1.54, 1.807) is 12.1 Å². The van der Waals surface area contributed by atoms with Gasteiger partial charge in [-0.1, -0.05) is 30.3 Å². The van der Waals surface area contributed by atoms with Gasteiger partial charge in [0.15, 0.2) is 6.61 Å². The molecule has 0 aliphatic carbocycles. The third-order valence-corrected chi connectivity index (χ3v) is 3.75. The van der Waals surface area contributed by atoms with E-state index < -0.39 is 0 Å². The van der Waals surface area contributed by atoms with Gasteiger partial charge in [-0.05, 0) is 37.1 Å². The van der Waals surface area contributed by atoms with Crippen molar-refractivity contribution in [3.8, 4) is 5.75 Å². The van der Waals surface area contributed by atoms with Crippen LogP contribution in [0.4, 0.5) is 11.4 Å². The Morgan fingerprint density at radius 2 is 1.95 bits per heavy atom. The molecule has 21 heavy (non-hydrogen) atoms. The van der Waals surface area contributed by atoms with Crippen molar-refractivity contribution in [2.75, 3.05) is 17.2 Å². The molecule has 1 aliphatic heterocycles. The Morgan fingerprint density at radius 3 is 2.76 bits per heavy atom. The van der Waals surface area contributed by atoms with Crippen molar-refractivity contribution in [2.45, 2.75) is 19.4 Å². The highest BCUT2D eigenvalue weighted by Gasteiger charge is 2.30. The average Bonchev–Trinajstić information content (AvgIpc) is 2.82. The zero-order chi connectivity index (χ0) is 14.8. The summed E-state index contributed by atoms with van der Waals surface area (Å²) in [5.41, 5.74) is 8.55. The Hall–Kier alpha value is -2.49. The molecular formula is C17H18N2O2. The number of nitrogens with zero attached hydrogens (tertiary/aromatic N) is 1. The Bertz CT molecular complexity index is 669. The fraction of sp³-hybridized carbons (Fsp3) is 0.235. The summed E-state index contributed by atoms with van der Waals surface area (Å²) in [4.78, 5) is 14.3. The van der Waals surface area contributed by atoms with Crippen LogP contribution in [0.15, 0.2) is 48.5 Å². The second-order valence-electron chi connectivity index (χ2n) is 5.27. The predicted molar refractivity (Wildman–Crippen MR) is 83.4 cm³/mol. The van der Waals surface area contributed by atoms with E-state index in [9.17, 15) is 4.79 Å². The number of ether oxygens (including phenoxy) is 1. The number of benzene rings is 2. The van der Waals surface area contributed by atoms with E-state index in [1.807, 2.05) is 35.2 Å². The molecule has 1 heterocycles. The van der Waals surface area contributed by atoms with Gasteiger partial charge >= 0.3 is 0 Å². The summed E-state index contributed by atoms with van der Waals surface area (Å²) in [6.07, 6.45) is 0.884. The third-order valence-electron chi connectivity index (χ3n) is 3.75. The minimum absolute atomic E-state index is 0.00706. The van der Waals surface area contributed by atoms with Gasteiger partial charge in [0.1, 0.15) is 5.75 Å². The fourth-order valence-corrected chi connectivity index (χ4v) is 2.77. The van der Waals surface area contributed by atoms with Crippen molar-refractivity contribution in [2.24, 2.45) is 0 Å². The Kier molecular flexibility index (Phi) is 3.52.